The van der Waals surface area contributed by atoms with Crippen molar-refractivity contribution in [2.24, 2.45) is 0 Å². The molecule has 0 aliphatic carbocycles. The molecule has 3 aliphatic heterocycles. The quantitative estimate of drug-likeness (QED) is 0.902. The number of benzene rings is 1. The number of fused-ring (bicyclic) bond motifs is 3. The molecule has 4 rings (SSSR count). The lowest BCUT2D eigenvalue weighted by Gasteiger charge is -2.55. The van der Waals surface area contributed by atoms with Crippen LogP contribution in [0.3, 0.4) is 0 Å². The number of anilines is 1. The van der Waals surface area contributed by atoms with E-state index < -0.39 is 5.54 Å². The van der Waals surface area contributed by atoms with Crippen LogP contribution >= 0.6 is 0 Å². The van der Waals surface area contributed by atoms with Crippen molar-refractivity contribution in [3.8, 4) is 0 Å². The predicted molar refractivity (Wildman–Crippen MR) is 105 cm³/mol. The minimum atomic E-state index is -0.459. The highest BCUT2D eigenvalue weighted by atomic mass is 16.2. The maximum atomic E-state index is 13.5. The number of hydrogen-bond acceptors (Lipinski definition) is 4. The highest BCUT2D eigenvalue weighted by Gasteiger charge is 2.52. The van der Waals surface area contributed by atoms with Gasteiger partial charge in [0.25, 0.3) is 5.91 Å². The number of rotatable bonds is 3. The topological polar surface area (TPSA) is 38.8 Å². The first-order valence-corrected chi connectivity index (χ1v) is 9.82. The molecular weight excluding hydrogens is 324 g/mol. The Hall–Kier alpha value is -1.59. The van der Waals surface area contributed by atoms with Crippen molar-refractivity contribution in [1.29, 1.82) is 0 Å². The van der Waals surface area contributed by atoms with Crippen LogP contribution in [0.2, 0.25) is 0 Å². The van der Waals surface area contributed by atoms with Gasteiger partial charge in [-0.05, 0) is 44.5 Å². The highest BCUT2D eigenvalue weighted by molar-refractivity contribution is 5.89. The third kappa shape index (κ3) is 2.64. The second-order valence-electron chi connectivity index (χ2n) is 8.78. The molecule has 5 heteroatoms. The minimum absolute atomic E-state index is 0.0384. The average Bonchev–Trinajstić information content (AvgIpc) is 2.86. The Morgan fingerprint density at radius 2 is 2.04 bits per heavy atom. The Bertz CT molecular complexity index is 703. The number of piperazine rings is 1. The molecule has 2 bridgehead atoms. The number of carbonyl (C=O) groups is 1. The van der Waals surface area contributed by atoms with Crippen LogP contribution < -0.4 is 10.4 Å². The number of likely N-dealkylation sites (tertiary alicyclic amines) is 1. The smallest absolute Gasteiger partial charge is 0.260 e. The molecule has 2 unspecified atom stereocenters. The first-order valence-electron chi connectivity index (χ1n) is 9.82. The lowest BCUT2D eigenvalue weighted by Crippen LogP contribution is -2.73. The molecule has 1 radical (unpaired) electrons. The van der Waals surface area contributed by atoms with E-state index in [1.165, 1.54) is 5.56 Å². The number of para-hydroxylation sites is 1. The number of amides is 1. The third-order valence-electron chi connectivity index (χ3n) is 6.68. The van der Waals surface area contributed by atoms with Crippen LogP contribution in [-0.2, 0) is 10.2 Å². The van der Waals surface area contributed by atoms with Crippen molar-refractivity contribution in [3.63, 3.8) is 0 Å². The van der Waals surface area contributed by atoms with Crippen LogP contribution in [0.1, 0.15) is 39.2 Å². The summed E-state index contributed by atoms with van der Waals surface area (Å²) >= 11 is 0. The molecule has 5 nitrogen and oxygen atoms in total. The second-order valence-corrected chi connectivity index (χ2v) is 8.78. The molecule has 1 N–H and O–H groups in total. The van der Waals surface area contributed by atoms with E-state index in [1.54, 1.807) is 0 Å². The molecule has 26 heavy (non-hydrogen) atoms. The number of nitrogens with one attached hydrogen (secondary N) is 1. The van der Waals surface area contributed by atoms with Gasteiger partial charge in [0.2, 0.25) is 0 Å². The summed E-state index contributed by atoms with van der Waals surface area (Å²) in [4.78, 5) is 18.3. The van der Waals surface area contributed by atoms with E-state index >= 15 is 0 Å². The van der Waals surface area contributed by atoms with Gasteiger partial charge in [-0.1, -0.05) is 39.0 Å². The number of likely N-dealkylation sites (N-methyl/N-ethyl adjacent to an activating group) is 2. The maximum absolute atomic E-state index is 13.5. The Balaban J connectivity index is 1.60. The van der Waals surface area contributed by atoms with Gasteiger partial charge in [0.15, 0.2) is 0 Å². The van der Waals surface area contributed by atoms with E-state index in [0.29, 0.717) is 6.04 Å². The zero-order valence-electron chi connectivity index (χ0n) is 16.5. The van der Waals surface area contributed by atoms with Gasteiger partial charge < -0.3 is 0 Å². The van der Waals surface area contributed by atoms with Crippen molar-refractivity contribution in [1.82, 2.24) is 15.2 Å². The Kier molecular flexibility index (Phi) is 4.27. The summed E-state index contributed by atoms with van der Waals surface area (Å²) in [5, 5.41) is 2.06. The first-order chi connectivity index (χ1) is 12.4. The van der Waals surface area contributed by atoms with Gasteiger partial charge in [-0.15, -0.1) is 0 Å². The molecule has 2 saturated heterocycles. The Morgan fingerprint density at radius 3 is 2.81 bits per heavy atom. The van der Waals surface area contributed by atoms with E-state index in [-0.39, 0.29) is 11.3 Å². The summed E-state index contributed by atoms with van der Waals surface area (Å²) in [7, 11) is 2.13. The van der Waals surface area contributed by atoms with Crippen molar-refractivity contribution in [2.45, 2.75) is 50.6 Å². The third-order valence-corrected chi connectivity index (χ3v) is 6.68. The minimum Gasteiger partial charge on any atom is -0.300 e. The lowest BCUT2D eigenvalue weighted by molar-refractivity contribution is -0.143. The number of piperidine rings is 1. The fraction of sp³-hybridized carbons (Fsp3) is 0.619. The molecule has 2 atom stereocenters. The fourth-order valence-electron chi connectivity index (χ4n) is 5.01. The van der Waals surface area contributed by atoms with Gasteiger partial charge in [0, 0.05) is 31.1 Å². The van der Waals surface area contributed by atoms with Crippen molar-refractivity contribution in [3.05, 3.63) is 36.2 Å². The zero-order valence-corrected chi connectivity index (χ0v) is 16.5. The summed E-state index contributed by atoms with van der Waals surface area (Å²) < 4.78 is 0. The molecule has 0 saturated carbocycles. The summed E-state index contributed by atoms with van der Waals surface area (Å²) in [6.07, 6.45) is 4.21. The average molecular weight is 356 g/mol. The predicted octanol–water partition coefficient (Wildman–Crippen LogP) is 2.19. The summed E-state index contributed by atoms with van der Waals surface area (Å²) in [6, 6.07) is 8.86. The van der Waals surface area contributed by atoms with Crippen LogP contribution in [0.5, 0.6) is 0 Å². The van der Waals surface area contributed by atoms with Gasteiger partial charge in [-0.3, -0.25) is 25.0 Å². The number of hydrogen-bond donors (Lipinski definition) is 1. The molecular formula is C21H31N4O. The number of nitrogens with zero attached hydrogens (tertiary/aromatic N) is 3. The standard InChI is InChI=1S/C21H31N4O/c1-5-24-13-16-9-8-12-21(15-24,23(16)4)19(26)22-25-14-20(2,3)17-10-6-7-11-18(17)25/h6-8,10-11,16H,5,9,12-15H2,1-4H3,(H,22,26). The van der Waals surface area contributed by atoms with Crippen LogP contribution in [0.25, 0.3) is 0 Å². The summed E-state index contributed by atoms with van der Waals surface area (Å²) in [6.45, 7) is 10.3. The molecule has 2 fully saturated rings. The van der Waals surface area contributed by atoms with E-state index in [4.69, 9.17) is 0 Å². The Labute approximate surface area is 157 Å². The molecule has 0 spiro atoms. The van der Waals surface area contributed by atoms with Gasteiger partial charge in [0.05, 0.1) is 5.69 Å². The van der Waals surface area contributed by atoms with Gasteiger partial charge in [0.1, 0.15) is 5.54 Å². The number of carbonyl (C=O) groups excluding carboxylic acids is 1. The van der Waals surface area contributed by atoms with Crippen LogP contribution in [0.4, 0.5) is 5.69 Å². The van der Waals surface area contributed by atoms with E-state index in [0.717, 1.165) is 44.7 Å². The van der Waals surface area contributed by atoms with Crippen molar-refractivity contribution < 1.29 is 4.79 Å². The SMILES string of the molecule is CCN1CC2C[CH]CC(C(=O)NN3CC(C)(C)c4ccccc43)(C1)N2C. The van der Waals surface area contributed by atoms with Crippen LogP contribution in [0.15, 0.2) is 24.3 Å². The van der Waals surface area contributed by atoms with Gasteiger partial charge >= 0.3 is 0 Å². The molecule has 141 valence electrons. The second kappa shape index (κ2) is 6.24. The van der Waals surface area contributed by atoms with Gasteiger partial charge in [-0.25, -0.2) is 0 Å². The molecule has 1 aromatic rings. The molecule has 3 aliphatic rings. The van der Waals surface area contributed by atoms with Crippen molar-refractivity contribution in [2.75, 3.05) is 38.2 Å². The summed E-state index contributed by atoms with van der Waals surface area (Å²) in [5.41, 5.74) is 5.30. The van der Waals surface area contributed by atoms with Crippen LogP contribution in [-0.4, -0.2) is 60.5 Å². The summed E-state index contributed by atoms with van der Waals surface area (Å²) in [5.74, 6) is 0.131. The van der Waals surface area contributed by atoms with E-state index in [2.05, 4.69) is 72.7 Å². The van der Waals surface area contributed by atoms with Crippen LogP contribution in [0, 0.1) is 6.42 Å². The molecule has 1 amide bonds. The van der Waals surface area contributed by atoms with Gasteiger partial charge in [-0.2, -0.15) is 0 Å². The monoisotopic (exact) mass is 355 g/mol. The van der Waals surface area contributed by atoms with E-state index in [9.17, 15) is 4.79 Å². The van der Waals surface area contributed by atoms with E-state index in [1.807, 2.05) is 6.07 Å². The molecule has 0 aromatic heterocycles. The molecule has 1 aromatic carbocycles. The van der Waals surface area contributed by atoms with Crippen molar-refractivity contribution >= 4 is 11.6 Å². The fourth-order valence-corrected chi connectivity index (χ4v) is 5.01. The largest absolute Gasteiger partial charge is 0.300 e. The lowest BCUT2D eigenvalue weighted by atomic mass is 9.79. The Morgan fingerprint density at radius 1 is 1.27 bits per heavy atom. The normalized spacial score (nSPS) is 30.9. The molecule has 3 heterocycles. The maximum Gasteiger partial charge on any atom is 0.260 e. The highest BCUT2D eigenvalue weighted by Crippen LogP contribution is 2.40. The number of hydrazine groups is 1. The zero-order chi connectivity index (χ0) is 18.5. The first kappa shape index (κ1) is 17.8.